The van der Waals surface area contributed by atoms with Crippen LogP contribution in [0.1, 0.15) is 0 Å². The highest BCUT2D eigenvalue weighted by molar-refractivity contribution is 7.71. The second kappa shape index (κ2) is 4.92. The summed E-state index contributed by atoms with van der Waals surface area (Å²) in [7, 11) is 1.58. The van der Waals surface area contributed by atoms with E-state index in [2.05, 4.69) is 4.98 Å². The zero-order chi connectivity index (χ0) is 14.3. The molecule has 102 valence electrons. The number of hydrogen-bond acceptors (Lipinski definition) is 2. The predicted octanol–water partition coefficient (Wildman–Crippen LogP) is 4.49. The maximum absolute atomic E-state index is 13.3. The van der Waals surface area contributed by atoms with E-state index in [0.717, 1.165) is 5.52 Å². The van der Waals surface area contributed by atoms with Crippen molar-refractivity contribution in [2.45, 2.75) is 0 Å². The molecule has 1 heterocycles. The van der Waals surface area contributed by atoms with Gasteiger partial charge in [-0.3, -0.25) is 4.57 Å². The van der Waals surface area contributed by atoms with Crippen molar-refractivity contribution in [1.82, 2.24) is 9.55 Å². The molecule has 0 unspecified atom stereocenters. The molecule has 0 amide bonds. The molecule has 2 aromatic carbocycles. The number of nitrogens with zero attached hydrogens (tertiary/aromatic N) is 1. The van der Waals surface area contributed by atoms with Crippen LogP contribution in [-0.2, 0) is 0 Å². The van der Waals surface area contributed by atoms with Crippen LogP contribution in [0.25, 0.3) is 16.7 Å². The largest absolute Gasteiger partial charge is 0.497 e. The number of rotatable bonds is 2. The van der Waals surface area contributed by atoms with E-state index >= 15 is 0 Å². The maximum Gasteiger partial charge on any atom is 0.182 e. The molecule has 0 saturated heterocycles. The molecule has 1 N–H and O–H groups in total. The number of nitrogens with one attached hydrogen (secondary N) is 1. The maximum atomic E-state index is 13.3. The van der Waals surface area contributed by atoms with Gasteiger partial charge in [-0.1, -0.05) is 11.6 Å². The van der Waals surface area contributed by atoms with Gasteiger partial charge in [-0.05, 0) is 42.5 Å². The average Bonchev–Trinajstić information content (AvgIpc) is 2.74. The van der Waals surface area contributed by atoms with Gasteiger partial charge in [0.05, 0.1) is 28.9 Å². The van der Waals surface area contributed by atoms with Gasteiger partial charge >= 0.3 is 0 Å². The zero-order valence-electron chi connectivity index (χ0n) is 10.5. The van der Waals surface area contributed by atoms with Crippen molar-refractivity contribution < 1.29 is 9.13 Å². The lowest BCUT2D eigenvalue weighted by Gasteiger charge is -2.09. The fraction of sp³-hybridized carbons (Fsp3) is 0.0714. The van der Waals surface area contributed by atoms with E-state index in [1.165, 1.54) is 12.1 Å². The number of aromatic amines is 1. The summed E-state index contributed by atoms with van der Waals surface area (Å²) in [6.07, 6.45) is 0. The smallest absolute Gasteiger partial charge is 0.182 e. The molecule has 0 fully saturated rings. The van der Waals surface area contributed by atoms with E-state index in [-0.39, 0.29) is 5.82 Å². The van der Waals surface area contributed by atoms with Gasteiger partial charge in [-0.15, -0.1) is 0 Å². The van der Waals surface area contributed by atoms with Crippen LogP contribution >= 0.6 is 23.8 Å². The van der Waals surface area contributed by atoms with Gasteiger partial charge in [-0.25, -0.2) is 4.39 Å². The molecule has 0 spiro atoms. The van der Waals surface area contributed by atoms with Gasteiger partial charge < -0.3 is 9.72 Å². The molecule has 0 radical (unpaired) electrons. The van der Waals surface area contributed by atoms with Gasteiger partial charge in [0.15, 0.2) is 4.77 Å². The van der Waals surface area contributed by atoms with Gasteiger partial charge in [0, 0.05) is 6.07 Å². The molecule has 6 heteroatoms. The predicted molar refractivity (Wildman–Crippen MR) is 80.0 cm³/mol. The van der Waals surface area contributed by atoms with Gasteiger partial charge in [0.25, 0.3) is 0 Å². The molecule has 0 aliphatic carbocycles. The summed E-state index contributed by atoms with van der Waals surface area (Å²) in [5.41, 5.74) is 2.06. The summed E-state index contributed by atoms with van der Waals surface area (Å²) in [6, 6.07) is 9.73. The first kappa shape index (κ1) is 13.1. The summed E-state index contributed by atoms with van der Waals surface area (Å²) >= 11 is 11.5. The number of H-pyrrole nitrogens is 1. The second-order valence-corrected chi connectivity index (χ2v) is 5.04. The van der Waals surface area contributed by atoms with Gasteiger partial charge in [-0.2, -0.15) is 0 Å². The number of hydrogen-bond donors (Lipinski definition) is 1. The third-order valence-electron chi connectivity index (χ3n) is 3.04. The highest BCUT2D eigenvalue weighted by atomic mass is 35.5. The Morgan fingerprint density at radius 3 is 2.80 bits per heavy atom. The van der Waals surface area contributed by atoms with Crippen molar-refractivity contribution in [3.05, 3.63) is 52.0 Å². The Labute approximate surface area is 124 Å². The third kappa shape index (κ3) is 2.09. The van der Waals surface area contributed by atoms with Crippen LogP contribution in [0.3, 0.4) is 0 Å². The van der Waals surface area contributed by atoms with Crippen molar-refractivity contribution in [3.8, 4) is 11.4 Å². The Morgan fingerprint density at radius 2 is 2.05 bits per heavy atom. The summed E-state index contributed by atoms with van der Waals surface area (Å²) in [5.74, 6) is 0.348. The lowest BCUT2D eigenvalue weighted by Crippen LogP contribution is -1.96. The lowest BCUT2D eigenvalue weighted by molar-refractivity contribution is 0.414. The van der Waals surface area contributed by atoms with Crippen molar-refractivity contribution in [3.63, 3.8) is 0 Å². The van der Waals surface area contributed by atoms with E-state index in [1.807, 2.05) is 0 Å². The highest BCUT2D eigenvalue weighted by Crippen LogP contribution is 2.29. The monoisotopic (exact) mass is 308 g/mol. The standard InChI is InChI=1S/C14H10ClFN2OS/c1-19-9-3-4-10(15)13(7-9)18-12-5-2-8(16)6-11(12)17-14(18)20/h2-7H,1H3,(H,17,20). The topological polar surface area (TPSA) is 29.9 Å². The number of imidazole rings is 1. The van der Waals surface area contributed by atoms with E-state index in [9.17, 15) is 4.39 Å². The molecular formula is C14H10ClFN2OS. The summed E-state index contributed by atoms with van der Waals surface area (Å²) in [4.78, 5) is 2.97. The van der Waals surface area contributed by atoms with Crippen LogP contribution in [0, 0.1) is 10.6 Å². The fourth-order valence-corrected chi connectivity index (χ4v) is 2.62. The fourth-order valence-electron chi connectivity index (χ4n) is 2.11. The van der Waals surface area contributed by atoms with Crippen molar-refractivity contribution in [2.75, 3.05) is 7.11 Å². The second-order valence-electron chi connectivity index (χ2n) is 4.24. The minimum Gasteiger partial charge on any atom is -0.497 e. The van der Waals surface area contributed by atoms with Crippen LogP contribution in [0.5, 0.6) is 5.75 Å². The Bertz CT molecular complexity index is 856. The first-order valence-electron chi connectivity index (χ1n) is 5.84. The minimum atomic E-state index is -0.322. The number of fused-ring (bicyclic) bond motifs is 1. The minimum absolute atomic E-state index is 0.322. The average molecular weight is 309 g/mol. The summed E-state index contributed by atoms with van der Waals surface area (Å²) < 4.78 is 20.7. The molecular weight excluding hydrogens is 299 g/mol. The van der Waals surface area contributed by atoms with E-state index in [4.69, 9.17) is 28.6 Å². The zero-order valence-corrected chi connectivity index (χ0v) is 12.1. The highest BCUT2D eigenvalue weighted by Gasteiger charge is 2.11. The van der Waals surface area contributed by atoms with Gasteiger partial charge in [0.2, 0.25) is 0 Å². The molecule has 1 aromatic heterocycles. The van der Waals surface area contributed by atoms with Crippen LogP contribution in [-0.4, -0.2) is 16.7 Å². The molecule has 3 rings (SSSR count). The molecule has 0 aliphatic rings. The van der Waals surface area contributed by atoms with E-state index in [0.29, 0.717) is 26.7 Å². The van der Waals surface area contributed by atoms with Crippen LogP contribution < -0.4 is 4.74 Å². The van der Waals surface area contributed by atoms with Crippen LogP contribution in [0.4, 0.5) is 4.39 Å². The molecule has 0 saturated carbocycles. The Balaban J connectivity index is 2.34. The van der Waals surface area contributed by atoms with E-state index in [1.54, 1.807) is 35.9 Å². The van der Waals surface area contributed by atoms with E-state index < -0.39 is 0 Å². The first-order chi connectivity index (χ1) is 9.60. The number of benzene rings is 2. The van der Waals surface area contributed by atoms with Crippen molar-refractivity contribution >= 4 is 34.9 Å². The van der Waals surface area contributed by atoms with Crippen LogP contribution in [0.2, 0.25) is 5.02 Å². The third-order valence-corrected chi connectivity index (χ3v) is 3.64. The SMILES string of the molecule is COc1ccc(Cl)c(-n2c(=S)[nH]c3cc(F)ccc32)c1. The number of aromatic nitrogens is 2. The number of halogens is 2. The van der Waals surface area contributed by atoms with Crippen LogP contribution in [0.15, 0.2) is 36.4 Å². The molecule has 0 atom stereocenters. The Hall–Kier alpha value is -1.85. The van der Waals surface area contributed by atoms with Crippen molar-refractivity contribution in [1.29, 1.82) is 0 Å². The molecule has 0 aliphatic heterocycles. The molecule has 3 aromatic rings. The Morgan fingerprint density at radius 1 is 1.25 bits per heavy atom. The first-order valence-corrected chi connectivity index (χ1v) is 6.63. The number of methoxy groups -OCH3 is 1. The molecule has 20 heavy (non-hydrogen) atoms. The lowest BCUT2D eigenvalue weighted by atomic mass is 10.2. The van der Waals surface area contributed by atoms with Gasteiger partial charge in [0.1, 0.15) is 11.6 Å². The summed E-state index contributed by atoms with van der Waals surface area (Å²) in [5, 5.41) is 0.534. The normalized spacial score (nSPS) is 10.9. The quantitative estimate of drug-likeness (QED) is 0.707. The molecule has 0 bridgehead atoms. The summed E-state index contributed by atoms with van der Waals surface area (Å²) in [6.45, 7) is 0. The molecule has 3 nitrogen and oxygen atoms in total. The Kier molecular flexibility index (Phi) is 3.23. The number of ether oxygens (including phenoxy) is 1. The van der Waals surface area contributed by atoms with Crippen molar-refractivity contribution in [2.24, 2.45) is 0 Å².